The van der Waals surface area contributed by atoms with Crippen molar-refractivity contribution in [2.45, 2.75) is 32.5 Å². The summed E-state index contributed by atoms with van der Waals surface area (Å²) in [6.45, 7) is 3.43. The van der Waals surface area contributed by atoms with Gasteiger partial charge in [-0.2, -0.15) is 5.10 Å². The predicted octanol–water partition coefficient (Wildman–Crippen LogP) is 2.62. The summed E-state index contributed by atoms with van der Waals surface area (Å²) >= 11 is 0. The normalized spacial score (nSPS) is 19.3. The van der Waals surface area contributed by atoms with Crippen molar-refractivity contribution >= 4 is 5.91 Å². The Morgan fingerprint density at radius 3 is 2.96 bits per heavy atom. The highest BCUT2D eigenvalue weighted by atomic mass is 16.5. The van der Waals surface area contributed by atoms with Crippen LogP contribution in [0.15, 0.2) is 53.3 Å². The minimum atomic E-state index is -0.272. The van der Waals surface area contributed by atoms with Crippen LogP contribution in [-0.4, -0.2) is 27.5 Å². The second-order valence-electron chi connectivity index (χ2n) is 6.80. The van der Waals surface area contributed by atoms with Gasteiger partial charge in [-0.15, -0.1) is 0 Å². The van der Waals surface area contributed by atoms with Crippen molar-refractivity contribution in [2.75, 3.05) is 6.61 Å². The van der Waals surface area contributed by atoms with Gasteiger partial charge >= 0.3 is 0 Å². The van der Waals surface area contributed by atoms with E-state index in [1.165, 1.54) is 5.56 Å². The molecule has 0 saturated carbocycles. The largest absolute Gasteiger partial charge is 0.373 e. The second-order valence-corrected chi connectivity index (χ2v) is 6.80. The Balaban J connectivity index is 1.39. The van der Waals surface area contributed by atoms with Gasteiger partial charge in [0.2, 0.25) is 5.91 Å². The quantitative estimate of drug-likeness (QED) is 0.725. The number of amides is 1. The van der Waals surface area contributed by atoms with Crippen molar-refractivity contribution in [3.63, 3.8) is 0 Å². The fourth-order valence-electron chi connectivity index (χ4n) is 3.37. The Bertz CT molecular complexity index is 903. The summed E-state index contributed by atoms with van der Waals surface area (Å²) in [6, 6.07) is 12.0. The van der Waals surface area contributed by atoms with Gasteiger partial charge in [0, 0.05) is 24.4 Å². The van der Waals surface area contributed by atoms with Crippen molar-refractivity contribution < 1.29 is 14.1 Å². The first-order chi connectivity index (χ1) is 13.2. The lowest BCUT2D eigenvalue weighted by molar-refractivity contribution is -0.127. The molecule has 2 atom stereocenters. The van der Waals surface area contributed by atoms with E-state index in [1.54, 1.807) is 6.20 Å². The van der Waals surface area contributed by atoms with Crippen LogP contribution in [0.4, 0.5) is 0 Å². The number of aryl methyl sites for hydroxylation is 1. The molecule has 4 rings (SSSR count). The standard InChI is InChI=1S/C20H22N4O3/c1-14-9-17(27-23-14)11-21-20(25)18-7-8-26-19(18)16-10-22-24(13-16)12-15-5-3-2-4-6-15/h2-6,9-10,13,18-19H,7-8,11-12H2,1H3,(H,21,25)/t18-,19+/m0/s1. The maximum absolute atomic E-state index is 12.6. The van der Waals surface area contributed by atoms with Crippen molar-refractivity contribution in [1.82, 2.24) is 20.3 Å². The molecule has 140 valence electrons. The fraction of sp³-hybridized carbons (Fsp3) is 0.350. The number of ether oxygens (including phenoxy) is 1. The van der Waals surface area contributed by atoms with E-state index in [1.807, 2.05) is 42.1 Å². The lowest BCUT2D eigenvalue weighted by Gasteiger charge is -2.16. The number of hydrogen-bond acceptors (Lipinski definition) is 5. The third-order valence-corrected chi connectivity index (χ3v) is 4.71. The fourth-order valence-corrected chi connectivity index (χ4v) is 3.37. The van der Waals surface area contributed by atoms with Crippen LogP contribution in [-0.2, 0) is 22.6 Å². The molecule has 3 aromatic rings. The van der Waals surface area contributed by atoms with Crippen molar-refractivity contribution in [1.29, 1.82) is 0 Å². The van der Waals surface area contributed by atoms with Gasteiger partial charge in [0.25, 0.3) is 0 Å². The van der Waals surface area contributed by atoms with Gasteiger partial charge < -0.3 is 14.6 Å². The first-order valence-electron chi connectivity index (χ1n) is 9.07. The highest BCUT2D eigenvalue weighted by Crippen LogP contribution is 2.34. The van der Waals surface area contributed by atoms with E-state index in [-0.39, 0.29) is 17.9 Å². The van der Waals surface area contributed by atoms with E-state index in [2.05, 4.69) is 27.7 Å². The number of aromatic nitrogens is 3. The molecule has 7 heteroatoms. The van der Waals surface area contributed by atoms with Gasteiger partial charge in [-0.1, -0.05) is 35.5 Å². The maximum Gasteiger partial charge on any atom is 0.226 e. The molecule has 0 spiro atoms. The average molecular weight is 366 g/mol. The number of carbonyl (C=O) groups excluding carboxylic acids is 1. The Morgan fingerprint density at radius 1 is 1.33 bits per heavy atom. The highest BCUT2D eigenvalue weighted by Gasteiger charge is 2.36. The summed E-state index contributed by atoms with van der Waals surface area (Å²) in [5.41, 5.74) is 2.90. The summed E-state index contributed by atoms with van der Waals surface area (Å²) in [5.74, 6) is 0.373. The van der Waals surface area contributed by atoms with Crippen LogP contribution < -0.4 is 5.32 Å². The molecule has 27 heavy (non-hydrogen) atoms. The average Bonchev–Trinajstić information content (AvgIpc) is 3.41. The number of nitrogens with one attached hydrogen (secondary N) is 1. The summed E-state index contributed by atoms with van der Waals surface area (Å²) < 4.78 is 12.9. The molecule has 0 radical (unpaired) electrons. The molecule has 1 aliphatic rings. The zero-order valence-electron chi connectivity index (χ0n) is 15.2. The zero-order valence-corrected chi connectivity index (χ0v) is 15.2. The first kappa shape index (κ1) is 17.5. The van der Waals surface area contributed by atoms with E-state index >= 15 is 0 Å². The number of rotatable bonds is 6. The van der Waals surface area contributed by atoms with Gasteiger partial charge in [0.1, 0.15) is 0 Å². The van der Waals surface area contributed by atoms with Gasteiger partial charge in [-0.3, -0.25) is 9.48 Å². The zero-order chi connectivity index (χ0) is 18.6. The molecule has 7 nitrogen and oxygen atoms in total. The van der Waals surface area contributed by atoms with Gasteiger partial charge in [0.05, 0.1) is 37.0 Å². The van der Waals surface area contributed by atoms with E-state index in [4.69, 9.17) is 9.26 Å². The van der Waals surface area contributed by atoms with Crippen molar-refractivity contribution in [3.05, 3.63) is 71.4 Å². The van der Waals surface area contributed by atoms with E-state index in [0.717, 1.165) is 11.3 Å². The molecule has 0 unspecified atom stereocenters. The smallest absolute Gasteiger partial charge is 0.226 e. The van der Waals surface area contributed by atoms with Crippen LogP contribution >= 0.6 is 0 Å². The van der Waals surface area contributed by atoms with Gasteiger partial charge in [-0.05, 0) is 18.9 Å². The first-order valence-corrected chi connectivity index (χ1v) is 9.07. The van der Waals surface area contributed by atoms with E-state index in [0.29, 0.717) is 31.9 Å². The molecule has 1 N–H and O–H groups in total. The van der Waals surface area contributed by atoms with Crippen LogP contribution in [0.3, 0.4) is 0 Å². The summed E-state index contributed by atoms with van der Waals surface area (Å²) in [6.07, 6.45) is 4.17. The Labute approximate surface area is 157 Å². The van der Waals surface area contributed by atoms with Crippen LogP contribution in [0.5, 0.6) is 0 Å². The molecular formula is C20H22N4O3. The molecule has 1 fully saturated rings. The molecule has 3 heterocycles. The number of hydrogen-bond donors (Lipinski definition) is 1. The number of nitrogens with zero attached hydrogens (tertiary/aromatic N) is 3. The van der Waals surface area contributed by atoms with Crippen LogP contribution in [0, 0.1) is 12.8 Å². The number of benzene rings is 1. The van der Waals surface area contributed by atoms with Crippen LogP contribution in [0.1, 0.15) is 35.1 Å². The third kappa shape index (κ3) is 4.09. The molecule has 2 aromatic heterocycles. The minimum Gasteiger partial charge on any atom is -0.373 e. The van der Waals surface area contributed by atoms with Crippen LogP contribution in [0.25, 0.3) is 0 Å². The van der Waals surface area contributed by atoms with E-state index < -0.39 is 0 Å². The number of carbonyl (C=O) groups is 1. The lowest BCUT2D eigenvalue weighted by atomic mass is 9.96. The van der Waals surface area contributed by atoms with Gasteiger partial charge in [0.15, 0.2) is 5.76 Å². The molecule has 1 aliphatic heterocycles. The van der Waals surface area contributed by atoms with E-state index in [9.17, 15) is 4.79 Å². The Kier molecular flexibility index (Phi) is 5.02. The topological polar surface area (TPSA) is 82.2 Å². The maximum atomic E-state index is 12.6. The second kappa shape index (κ2) is 7.75. The van der Waals surface area contributed by atoms with Crippen LogP contribution in [0.2, 0.25) is 0 Å². The summed E-state index contributed by atoms with van der Waals surface area (Å²) in [4.78, 5) is 12.6. The lowest BCUT2D eigenvalue weighted by Crippen LogP contribution is -2.31. The summed E-state index contributed by atoms with van der Waals surface area (Å²) in [5, 5.41) is 11.2. The monoisotopic (exact) mass is 366 g/mol. The van der Waals surface area contributed by atoms with Crippen molar-refractivity contribution in [3.8, 4) is 0 Å². The minimum absolute atomic E-state index is 0.0395. The molecule has 0 aliphatic carbocycles. The summed E-state index contributed by atoms with van der Waals surface area (Å²) in [7, 11) is 0. The SMILES string of the molecule is Cc1cc(CNC(=O)[C@H]2CCO[C@@H]2c2cnn(Cc3ccccc3)c2)on1. The third-order valence-electron chi connectivity index (χ3n) is 4.71. The molecule has 1 aromatic carbocycles. The molecule has 0 bridgehead atoms. The molecular weight excluding hydrogens is 344 g/mol. The van der Waals surface area contributed by atoms with Crippen molar-refractivity contribution in [2.24, 2.45) is 5.92 Å². The predicted molar refractivity (Wildman–Crippen MR) is 97.7 cm³/mol. The van der Waals surface area contributed by atoms with Gasteiger partial charge in [-0.25, -0.2) is 0 Å². The molecule has 1 amide bonds. The Hall–Kier alpha value is -2.93. The highest BCUT2D eigenvalue weighted by molar-refractivity contribution is 5.79. The Morgan fingerprint density at radius 2 is 2.19 bits per heavy atom. The molecule has 1 saturated heterocycles.